The number of oxazole rings is 1. The molecule has 0 aliphatic rings. The third-order valence-corrected chi connectivity index (χ3v) is 2.75. The topological polar surface area (TPSA) is 50.4 Å². The Labute approximate surface area is 110 Å². The van der Waals surface area contributed by atoms with E-state index in [4.69, 9.17) is 4.42 Å². The number of nitrogens with one attached hydrogen (secondary N) is 1. The molecule has 1 aromatic heterocycles. The zero-order valence-corrected chi connectivity index (χ0v) is 10.5. The van der Waals surface area contributed by atoms with Crippen LogP contribution in [-0.4, -0.2) is 11.2 Å². The summed E-state index contributed by atoms with van der Waals surface area (Å²) in [5.74, 6) is 0. The van der Waals surface area contributed by atoms with Gasteiger partial charge in [-0.15, -0.1) is 0 Å². The van der Waals surface area contributed by atoms with E-state index >= 15 is 0 Å². The highest BCUT2D eigenvalue weighted by molar-refractivity contribution is 5.80. The molecule has 0 aliphatic carbocycles. The van der Waals surface area contributed by atoms with Gasteiger partial charge in [-0.3, -0.25) is 0 Å². The van der Waals surface area contributed by atoms with Crippen molar-refractivity contribution in [2.45, 2.75) is 6.92 Å². The van der Waals surface area contributed by atoms with Crippen LogP contribution in [0.15, 0.2) is 58.0 Å². The fraction of sp³-hybridized carbons (Fsp3) is 0.0667. The lowest BCUT2D eigenvalue weighted by molar-refractivity contribution is 0.617. The molecule has 0 atom stereocenters. The Morgan fingerprint density at radius 3 is 2.68 bits per heavy atom. The highest BCUT2D eigenvalue weighted by atomic mass is 16.4. The fourth-order valence-corrected chi connectivity index (χ4v) is 1.73. The third kappa shape index (κ3) is 2.63. The molecule has 4 heteroatoms. The number of hydrogen-bond donors (Lipinski definition) is 1. The van der Waals surface area contributed by atoms with Crippen molar-refractivity contribution in [1.29, 1.82) is 0 Å². The maximum Gasteiger partial charge on any atom is 0.316 e. The van der Waals surface area contributed by atoms with Crippen molar-refractivity contribution in [3.63, 3.8) is 0 Å². The molecule has 0 bridgehead atoms. The summed E-state index contributed by atoms with van der Waals surface area (Å²) in [5, 5.41) is 4.11. The van der Waals surface area contributed by atoms with E-state index in [0.29, 0.717) is 6.01 Å². The van der Waals surface area contributed by atoms with Gasteiger partial charge in [-0.25, -0.2) is 5.43 Å². The number of benzene rings is 2. The number of hydrazone groups is 1. The predicted octanol–water partition coefficient (Wildman–Crippen LogP) is 3.58. The van der Waals surface area contributed by atoms with Gasteiger partial charge >= 0.3 is 6.01 Å². The summed E-state index contributed by atoms with van der Waals surface area (Å²) >= 11 is 0. The van der Waals surface area contributed by atoms with Gasteiger partial charge in [0.05, 0.1) is 6.21 Å². The Morgan fingerprint density at radius 2 is 1.89 bits per heavy atom. The van der Waals surface area contributed by atoms with Crippen molar-refractivity contribution in [1.82, 2.24) is 4.98 Å². The molecular formula is C15H13N3O. The standard InChI is InChI=1S/C15H13N3O/c1-11-6-8-12(9-7-11)10-16-18-15-17-13-4-2-3-5-14(13)19-15/h2-10H,1H3,(H,17,18)/b16-10-. The Kier molecular flexibility index (Phi) is 2.98. The van der Waals surface area contributed by atoms with Crippen molar-refractivity contribution in [3.8, 4) is 0 Å². The molecule has 1 heterocycles. The highest BCUT2D eigenvalue weighted by Crippen LogP contribution is 2.17. The Balaban J connectivity index is 1.73. The molecule has 0 aliphatic heterocycles. The lowest BCUT2D eigenvalue weighted by Gasteiger charge is -1.94. The number of fused-ring (bicyclic) bond motifs is 1. The summed E-state index contributed by atoms with van der Waals surface area (Å²) in [5.41, 5.74) is 6.60. The van der Waals surface area contributed by atoms with Crippen LogP contribution < -0.4 is 5.43 Å². The average Bonchev–Trinajstić information content (AvgIpc) is 2.83. The van der Waals surface area contributed by atoms with Crippen LogP contribution in [0.5, 0.6) is 0 Å². The summed E-state index contributed by atoms with van der Waals surface area (Å²) in [6.07, 6.45) is 1.73. The minimum Gasteiger partial charge on any atom is -0.422 e. The molecule has 2 aromatic carbocycles. The van der Waals surface area contributed by atoms with Crippen molar-refractivity contribution in [3.05, 3.63) is 59.7 Å². The average molecular weight is 251 g/mol. The predicted molar refractivity (Wildman–Crippen MR) is 76.4 cm³/mol. The number of aryl methyl sites for hydroxylation is 1. The third-order valence-electron chi connectivity index (χ3n) is 2.75. The van der Waals surface area contributed by atoms with Crippen LogP contribution in [0.4, 0.5) is 6.01 Å². The van der Waals surface area contributed by atoms with E-state index in [1.807, 2.05) is 48.5 Å². The van der Waals surface area contributed by atoms with Gasteiger partial charge in [0.2, 0.25) is 0 Å². The second-order valence-corrected chi connectivity index (χ2v) is 4.27. The second-order valence-electron chi connectivity index (χ2n) is 4.27. The summed E-state index contributed by atoms with van der Waals surface area (Å²) in [6.45, 7) is 2.05. The van der Waals surface area contributed by atoms with Crippen LogP contribution >= 0.6 is 0 Å². The number of aromatic nitrogens is 1. The lowest BCUT2D eigenvalue weighted by Crippen LogP contribution is -1.90. The second kappa shape index (κ2) is 4.94. The first-order chi connectivity index (χ1) is 9.31. The molecule has 3 aromatic rings. The maximum atomic E-state index is 5.49. The number of hydrogen-bond acceptors (Lipinski definition) is 4. The van der Waals surface area contributed by atoms with E-state index in [1.165, 1.54) is 5.56 Å². The summed E-state index contributed by atoms with van der Waals surface area (Å²) < 4.78 is 5.49. The smallest absolute Gasteiger partial charge is 0.316 e. The van der Waals surface area contributed by atoms with Gasteiger partial charge < -0.3 is 4.42 Å². The minimum absolute atomic E-state index is 0.393. The quantitative estimate of drug-likeness (QED) is 0.571. The molecule has 4 nitrogen and oxygen atoms in total. The van der Waals surface area contributed by atoms with Crippen molar-refractivity contribution in [2.24, 2.45) is 5.10 Å². The van der Waals surface area contributed by atoms with Crippen molar-refractivity contribution >= 4 is 23.3 Å². The van der Waals surface area contributed by atoms with E-state index in [2.05, 4.69) is 22.4 Å². The lowest BCUT2D eigenvalue weighted by atomic mass is 10.2. The summed E-state index contributed by atoms with van der Waals surface area (Å²) in [6, 6.07) is 16.1. The van der Waals surface area contributed by atoms with Crippen LogP contribution in [0.2, 0.25) is 0 Å². The number of rotatable bonds is 3. The summed E-state index contributed by atoms with van der Waals surface area (Å²) in [4.78, 5) is 4.27. The number of anilines is 1. The van der Waals surface area contributed by atoms with E-state index in [9.17, 15) is 0 Å². The molecule has 0 radical (unpaired) electrons. The van der Waals surface area contributed by atoms with Crippen molar-refractivity contribution < 1.29 is 4.42 Å². The first-order valence-electron chi connectivity index (χ1n) is 6.02. The molecular weight excluding hydrogens is 238 g/mol. The van der Waals surface area contributed by atoms with Gasteiger partial charge in [-0.1, -0.05) is 42.0 Å². The van der Waals surface area contributed by atoms with Gasteiger partial charge in [0.15, 0.2) is 5.58 Å². The Hall–Kier alpha value is -2.62. The molecule has 19 heavy (non-hydrogen) atoms. The minimum atomic E-state index is 0.393. The normalized spacial score (nSPS) is 11.2. The zero-order chi connectivity index (χ0) is 13.1. The zero-order valence-electron chi connectivity index (χ0n) is 10.5. The van der Waals surface area contributed by atoms with Crippen molar-refractivity contribution in [2.75, 3.05) is 5.43 Å². The van der Waals surface area contributed by atoms with E-state index in [0.717, 1.165) is 16.7 Å². The number of nitrogens with zero attached hydrogens (tertiary/aromatic N) is 2. The SMILES string of the molecule is Cc1ccc(/C=N\Nc2nc3ccccc3o2)cc1. The largest absolute Gasteiger partial charge is 0.422 e. The van der Waals surface area contributed by atoms with Gasteiger partial charge in [0.1, 0.15) is 5.52 Å². The van der Waals surface area contributed by atoms with Crippen LogP contribution in [0.25, 0.3) is 11.1 Å². The van der Waals surface area contributed by atoms with Gasteiger partial charge in [-0.2, -0.15) is 10.1 Å². The van der Waals surface area contributed by atoms with E-state index in [1.54, 1.807) is 6.21 Å². The van der Waals surface area contributed by atoms with Gasteiger partial charge in [0, 0.05) is 0 Å². The van der Waals surface area contributed by atoms with Gasteiger partial charge in [0.25, 0.3) is 0 Å². The molecule has 0 spiro atoms. The summed E-state index contributed by atoms with van der Waals surface area (Å²) in [7, 11) is 0. The molecule has 3 rings (SSSR count). The first-order valence-corrected chi connectivity index (χ1v) is 6.02. The van der Waals surface area contributed by atoms with Crippen LogP contribution in [0.3, 0.4) is 0 Å². The Morgan fingerprint density at radius 1 is 1.11 bits per heavy atom. The maximum absolute atomic E-state index is 5.49. The molecule has 0 saturated heterocycles. The van der Waals surface area contributed by atoms with Crippen LogP contribution in [0, 0.1) is 6.92 Å². The van der Waals surface area contributed by atoms with Gasteiger partial charge in [-0.05, 0) is 24.6 Å². The first kappa shape index (κ1) is 11.5. The molecule has 94 valence electrons. The highest BCUT2D eigenvalue weighted by Gasteiger charge is 2.02. The fourth-order valence-electron chi connectivity index (χ4n) is 1.73. The van der Waals surface area contributed by atoms with Crippen LogP contribution in [-0.2, 0) is 0 Å². The monoisotopic (exact) mass is 251 g/mol. The van der Waals surface area contributed by atoms with E-state index < -0.39 is 0 Å². The number of para-hydroxylation sites is 2. The Bertz CT molecular complexity index is 681. The van der Waals surface area contributed by atoms with Crippen LogP contribution in [0.1, 0.15) is 11.1 Å². The molecule has 1 N–H and O–H groups in total. The molecule has 0 unspecified atom stereocenters. The molecule has 0 amide bonds. The molecule has 0 saturated carbocycles. The van der Waals surface area contributed by atoms with E-state index in [-0.39, 0.29) is 0 Å². The molecule has 0 fully saturated rings.